The molecule has 2 N–H and O–H groups in total. The fraction of sp³-hybridized carbons (Fsp3) is 0.600. The Hall–Kier alpha value is -0.610. The van der Waals surface area contributed by atoms with Crippen LogP contribution in [0.5, 0.6) is 0 Å². The first-order chi connectivity index (χ1) is 9.15. The van der Waals surface area contributed by atoms with Crippen molar-refractivity contribution in [3.63, 3.8) is 0 Å². The summed E-state index contributed by atoms with van der Waals surface area (Å²) in [5, 5.41) is 13.9. The number of nitrogens with one attached hydrogen (secondary N) is 1. The van der Waals surface area contributed by atoms with Gasteiger partial charge in [-0.15, -0.1) is 0 Å². The average molecular weight is 286 g/mol. The number of aliphatic hydroxyl groups is 1. The number of halogens is 1. The molecule has 0 aliphatic heterocycles. The van der Waals surface area contributed by atoms with E-state index in [2.05, 4.69) is 19.2 Å². The molecule has 0 aliphatic carbocycles. The Morgan fingerprint density at radius 2 is 1.84 bits per heavy atom. The Balaban J connectivity index is 2.16. The Morgan fingerprint density at radius 3 is 2.42 bits per heavy atom. The second-order valence-electron chi connectivity index (χ2n) is 4.72. The molecule has 1 aromatic rings. The molecular weight excluding hydrogens is 262 g/mol. The highest BCUT2D eigenvalue weighted by Gasteiger charge is 2.08. The van der Waals surface area contributed by atoms with Crippen LogP contribution in [0, 0.1) is 0 Å². The Labute approximate surface area is 120 Å². The van der Waals surface area contributed by atoms with E-state index in [1.54, 1.807) is 0 Å². The monoisotopic (exact) mass is 285 g/mol. The zero-order chi connectivity index (χ0) is 14.1. The third-order valence-electron chi connectivity index (χ3n) is 3.12. The predicted octanol–water partition coefficient (Wildman–Crippen LogP) is 3.00. The van der Waals surface area contributed by atoms with Crippen LogP contribution in [0.15, 0.2) is 24.3 Å². The van der Waals surface area contributed by atoms with Crippen LogP contribution in [0.25, 0.3) is 0 Å². The molecule has 108 valence electrons. The summed E-state index contributed by atoms with van der Waals surface area (Å²) in [4.78, 5) is 0. The molecular formula is C15H24ClNO2. The topological polar surface area (TPSA) is 41.5 Å². The van der Waals surface area contributed by atoms with Crippen LogP contribution in [0.4, 0.5) is 0 Å². The van der Waals surface area contributed by atoms with E-state index < -0.39 is 6.10 Å². The second kappa shape index (κ2) is 9.32. The normalized spacial score (nSPS) is 12.9. The molecule has 0 amide bonds. The molecule has 0 aliphatic rings. The minimum absolute atomic E-state index is 0.343. The third-order valence-corrected chi connectivity index (χ3v) is 3.37. The highest BCUT2D eigenvalue weighted by Crippen LogP contribution is 2.10. The van der Waals surface area contributed by atoms with Gasteiger partial charge in [-0.05, 0) is 30.5 Å². The van der Waals surface area contributed by atoms with E-state index in [0.717, 1.165) is 23.4 Å². The summed E-state index contributed by atoms with van der Waals surface area (Å²) < 4.78 is 5.49. The van der Waals surface area contributed by atoms with E-state index in [9.17, 15) is 5.11 Å². The maximum absolute atomic E-state index is 9.80. The van der Waals surface area contributed by atoms with Crippen molar-refractivity contribution < 1.29 is 9.84 Å². The average Bonchev–Trinajstić information content (AvgIpc) is 2.42. The van der Waals surface area contributed by atoms with Gasteiger partial charge in [-0.2, -0.15) is 0 Å². The zero-order valence-electron chi connectivity index (χ0n) is 11.7. The van der Waals surface area contributed by atoms with Gasteiger partial charge in [0.2, 0.25) is 0 Å². The lowest BCUT2D eigenvalue weighted by molar-refractivity contribution is 0.0275. The third kappa shape index (κ3) is 6.92. The predicted molar refractivity (Wildman–Crippen MR) is 79.5 cm³/mol. The van der Waals surface area contributed by atoms with Crippen molar-refractivity contribution in [3.05, 3.63) is 34.9 Å². The first-order valence-corrected chi connectivity index (χ1v) is 7.27. The van der Waals surface area contributed by atoms with E-state index in [4.69, 9.17) is 16.3 Å². The lowest BCUT2D eigenvalue weighted by Gasteiger charge is -2.18. The molecule has 0 heterocycles. The quantitative estimate of drug-likeness (QED) is 0.733. The highest BCUT2D eigenvalue weighted by atomic mass is 35.5. The number of rotatable bonds is 9. The Bertz CT molecular complexity index is 339. The van der Waals surface area contributed by atoms with E-state index >= 15 is 0 Å². The van der Waals surface area contributed by atoms with Crippen LogP contribution >= 0.6 is 11.6 Å². The minimum Gasteiger partial charge on any atom is -0.389 e. The van der Waals surface area contributed by atoms with Crippen LogP contribution in [0.1, 0.15) is 32.3 Å². The smallest absolute Gasteiger partial charge is 0.0897 e. The van der Waals surface area contributed by atoms with Crippen molar-refractivity contribution in [3.8, 4) is 0 Å². The first kappa shape index (κ1) is 16.4. The van der Waals surface area contributed by atoms with Crippen LogP contribution in [0.2, 0.25) is 5.02 Å². The summed E-state index contributed by atoms with van der Waals surface area (Å²) in [6, 6.07) is 8.01. The fourth-order valence-corrected chi connectivity index (χ4v) is 1.96. The van der Waals surface area contributed by atoms with Gasteiger partial charge in [0.1, 0.15) is 0 Å². The molecule has 0 aromatic heterocycles. The summed E-state index contributed by atoms with van der Waals surface area (Å²) in [6.45, 7) is 5.71. The van der Waals surface area contributed by atoms with Crippen molar-refractivity contribution in [2.24, 2.45) is 0 Å². The molecule has 19 heavy (non-hydrogen) atoms. The number of benzene rings is 1. The summed E-state index contributed by atoms with van der Waals surface area (Å²) in [7, 11) is 0. The molecule has 1 rings (SSSR count). The fourth-order valence-electron chi connectivity index (χ4n) is 1.83. The zero-order valence-corrected chi connectivity index (χ0v) is 12.5. The molecule has 0 spiro atoms. The van der Waals surface area contributed by atoms with Crippen molar-refractivity contribution >= 4 is 11.6 Å². The molecule has 0 radical (unpaired) electrons. The van der Waals surface area contributed by atoms with Gasteiger partial charge in [0.25, 0.3) is 0 Å². The van der Waals surface area contributed by atoms with Crippen molar-refractivity contribution in [2.45, 2.75) is 45.4 Å². The molecule has 0 fully saturated rings. The van der Waals surface area contributed by atoms with E-state index in [-0.39, 0.29) is 0 Å². The molecule has 1 aromatic carbocycles. The van der Waals surface area contributed by atoms with Crippen LogP contribution < -0.4 is 5.32 Å². The maximum Gasteiger partial charge on any atom is 0.0897 e. The van der Waals surface area contributed by atoms with Gasteiger partial charge >= 0.3 is 0 Å². The number of hydrogen-bond acceptors (Lipinski definition) is 3. The van der Waals surface area contributed by atoms with Gasteiger partial charge in [-0.3, -0.25) is 0 Å². The summed E-state index contributed by atoms with van der Waals surface area (Å²) in [6.07, 6.45) is 1.69. The second-order valence-corrected chi connectivity index (χ2v) is 5.15. The van der Waals surface area contributed by atoms with E-state index in [0.29, 0.717) is 25.8 Å². The maximum atomic E-state index is 9.80. The number of ether oxygens (including phenoxy) is 1. The SMILES string of the molecule is CCC(CC)NCC(O)COCc1ccc(Cl)cc1. The van der Waals surface area contributed by atoms with E-state index in [1.165, 1.54) is 0 Å². The number of hydrogen-bond donors (Lipinski definition) is 2. The van der Waals surface area contributed by atoms with Crippen molar-refractivity contribution in [2.75, 3.05) is 13.2 Å². The Kier molecular flexibility index (Phi) is 8.07. The standard InChI is InChI=1S/C15H24ClNO2/c1-3-14(4-2)17-9-15(18)11-19-10-12-5-7-13(16)8-6-12/h5-8,14-15,17-18H,3-4,9-11H2,1-2H3. The largest absolute Gasteiger partial charge is 0.389 e. The van der Waals surface area contributed by atoms with Gasteiger partial charge < -0.3 is 15.2 Å². The lowest BCUT2D eigenvalue weighted by Crippen LogP contribution is -2.36. The van der Waals surface area contributed by atoms with Gasteiger partial charge in [0, 0.05) is 17.6 Å². The molecule has 1 atom stereocenters. The van der Waals surface area contributed by atoms with Crippen LogP contribution in [-0.4, -0.2) is 30.4 Å². The minimum atomic E-state index is -0.465. The van der Waals surface area contributed by atoms with E-state index in [1.807, 2.05) is 24.3 Å². The molecule has 1 unspecified atom stereocenters. The Morgan fingerprint density at radius 1 is 1.21 bits per heavy atom. The first-order valence-electron chi connectivity index (χ1n) is 6.89. The molecule has 3 nitrogen and oxygen atoms in total. The van der Waals surface area contributed by atoms with Crippen LogP contribution in [-0.2, 0) is 11.3 Å². The van der Waals surface area contributed by atoms with Crippen LogP contribution in [0.3, 0.4) is 0 Å². The number of aliphatic hydroxyl groups excluding tert-OH is 1. The molecule has 0 saturated heterocycles. The van der Waals surface area contributed by atoms with Gasteiger partial charge in [-0.25, -0.2) is 0 Å². The highest BCUT2D eigenvalue weighted by molar-refractivity contribution is 6.30. The van der Waals surface area contributed by atoms with Gasteiger partial charge in [0.15, 0.2) is 0 Å². The van der Waals surface area contributed by atoms with Crippen molar-refractivity contribution in [1.82, 2.24) is 5.32 Å². The summed E-state index contributed by atoms with van der Waals surface area (Å²) in [5.41, 5.74) is 1.06. The summed E-state index contributed by atoms with van der Waals surface area (Å²) in [5.74, 6) is 0. The molecule has 0 bridgehead atoms. The van der Waals surface area contributed by atoms with Crippen molar-refractivity contribution in [1.29, 1.82) is 0 Å². The molecule has 4 heteroatoms. The summed E-state index contributed by atoms with van der Waals surface area (Å²) >= 11 is 5.81. The van der Waals surface area contributed by atoms with Gasteiger partial charge in [0.05, 0.1) is 19.3 Å². The molecule has 0 saturated carbocycles. The van der Waals surface area contributed by atoms with Gasteiger partial charge in [-0.1, -0.05) is 37.6 Å². The lowest BCUT2D eigenvalue weighted by atomic mass is 10.1.